The number of nitrogens with one attached hydrogen (secondary N) is 2. The number of carbonyl (C=O) groups excluding carboxylic acids is 4. The Kier molecular flexibility index (Phi) is 10.9. The molecule has 0 aliphatic carbocycles. The molecule has 2 aromatic carbocycles. The molecule has 0 aliphatic rings. The lowest BCUT2D eigenvalue weighted by molar-refractivity contribution is -0.143. The first kappa shape index (κ1) is 29.9. The van der Waals surface area contributed by atoms with Crippen molar-refractivity contribution in [3.05, 3.63) is 71.3 Å². The minimum Gasteiger partial charge on any atom is -0.444 e. The van der Waals surface area contributed by atoms with Crippen LogP contribution in [-0.2, 0) is 25.7 Å². The molecule has 2 rings (SSSR count). The molecule has 0 saturated heterocycles. The second-order valence-electron chi connectivity index (χ2n) is 9.77. The third-order valence-electron chi connectivity index (χ3n) is 5.40. The zero-order valence-corrected chi connectivity index (χ0v) is 22.3. The molecule has 9 heteroatoms. The standard InChI is InChI=1S/C29H36N4O5/c1-6-17-33(27(36)23(18-24(30)34)32-28(37)38-29(3,4)5)25(22-15-13-20(7-2)14-16-22)26(35)31-19-21-11-9-8-10-12-21/h2,8-16,23,25H,6,17-19H2,1,3-5H3,(H2,30,34)(H,31,35)(H,32,37). The van der Waals surface area contributed by atoms with Crippen molar-refractivity contribution in [2.75, 3.05) is 6.54 Å². The molecule has 2 aromatic rings. The van der Waals surface area contributed by atoms with Crippen LogP contribution in [0.25, 0.3) is 0 Å². The van der Waals surface area contributed by atoms with Crippen LogP contribution in [0, 0.1) is 12.3 Å². The van der Waals surface area contributed by atoms with Gasteiger partial charge in [-0.15, -0.1) is 6.42 Å². The lowest BCUT2D eigenvalue weighted by Gasteiger charge is -2.34. The van der Waals surface area contributed by atoms with Crippen molar-refractivity contribution in [1.29, 1.82) is 0 Å². The Morgan fingerprint density at radius 1 is 1.05 bits per heavy atom. The molecular weight excluding hydrogens is 484 g/mol. The number of alkyl carbamates (subject to hydrolysis) is 1. The van der Waals surface area contributed by atoms with Gasteiger partial charge in [0.25, 0.3) is 0 Å². The Morgan fingerprint density at radius 3 is 2.21 bits per heavy atom. The minimum atomic E-state index is -1.33. The van der Waals surface area contributed by atoms with E-state index in [0.29, 0.717) is 17.5 Å². The molecule has 4 N–H and O–H groups in total. The van der Waals surface area contributed by atoms with Crippen molar-refractivity contribution < 1.29 is 23.9 Å². The number of rotatable bonds is 11. The molecule has 0 aromatic heterocycles. The van der Waals surface area contributed by atoms with Crippen molar-refractivity contribution >= 4 is 23.8 Å². The summed E-state index contributed by atoms with van der Waals surface area (Å²) in [6.45, 7) is 7.29. The summed E-state index contributed by atoms with van der Waals surface area (Å²) in [5.74, 6) is 0.667. The number of amides is 4. The fourth-order valence-electron chi connectivity index (χ4n) is 3.77. The highest BCUT2D eigenvalue weighted by Gasteiger charge is 2.36. The third kappa shape index (κ3) is 9.28. The van der Waals surface area contributed by atoms with Gasteiger partial charge in [0.1, 0.15) is 17.7 Å². The normalized spacial score (nSPS) is 12.4. The van der Waals surface area contributed by atoms with E-state index in [9.17, 15) is 19.2 Å². The molecule has 0 bridgehead atoms. The van der Waals surface area contributed by atoms with Crippen LogP contribution < -0.4 is 16.4 Å². The Bertz CT molecular complexity index is 1150. The number of primary amides is 1. The van der Waals surface area contributed by atoms with Gasteiger partial charge in [0, 0.05) is 18.7 Å². The van der Waals surface area contributed by atoms with Crippen molar-refractivity contribution in [2.45, 2.75) is 64.8 Å². The molecule has 0 fully saturated rings. The van der Waals surface area contributed by atoms with E-state index in [1.54, 1.807) is 45.0 Å². The Morgan fingerprint density at radius 2 is 1.68 bits per heavy atom. The first-order chi connectivity index (χ1) is 17.9. The highest BCUT2D eigenvalue weighted by Crippen LogP contribution is 2.24. The summed E-state index contributed by atoms with van der Waals surface area (Å²) in [7, 11) is 0. The largest absolute Gasteiger partial charge is 0.444 e. The number of nitrogens with two attached hydrogens (primary N) is 1. The van der Waals surface area contributed by atoms with Gasteiger partial charge >= 0.3 is 6.09 Å². The number of carbonyl (C=O) groups is 4. The first-order valence-electron chi connectivity index (χ1n) is 12.4. The van der Waals surface area contributed by atoms with Crippen LogP contribution >= 0.6 is 0 Å². The van der Waals surface area contributed by atoms with Crippen LogP contribution in [-0.4, -0.2) is 46.9 Å². The average Bonchev–Trinajstić information content (AvgIpc) is 2.86. The van der Waals surface area contributed by atoms with E-state index in [1.165, 1.54) is 4.90 Å². The number of hydrogen-bond acceptors (Lipinski definition) is 5. The van der Waals surface area contributed by atoms with Gasteiger partial charge in [-0.3, -0.25) is 14.4 Å². The molecule has 9 nitrogen and oxygen atoms in total. The highest BCUT2D eigenvalue weighted by atomic mass is 16.6. The van der Waals surface area contributed by atoms with Crippen molar-refractivity contribution in [3.63, 3.8) is 0 Å². The van der Waals surface area contributed by atoms with Gasteiger partial charge in [0.05, 0.1) is 6.42 Å². The van der Waals surface area contributed by atoms with Gasteiger partial charge < -0.3 is 26.0 Å². The van der Waals surface area contributed by atoms with E-state index in [-0.39, 0.29) is 13.1 Å². The van der Waals surface area contributed by atoms with E-state index >= 15 is 0 Å². The van der Waals surface area contributed by atoms with Crippen LogP contribution in [0.3, 0.4) is 0 Å². The van der Waals surface area contributed by atoms with Gasteiger partial charge in [0.2, 0.25) is 17.7 Å². The van der Waals surface area contributed by atoms with E-state index in [4.69, 9.17) is 16.9 Å². The van der Waals surface area contributed by atoms with Crippen molar-refractivity contribution in [1.82, 2.24) is 15.5 Å². The second kappa shape index (κ2) is 13.8. The fourth-order valence-corrected chi connectivity index (χ4v) is 3.77. The Labute approximate surface area is 224 Å². The maximum atomic E-state index is 13.8. The summed E-state index contributed by atoms with van der Waals surface area (Å²) in [4.78, 5) is 53.1. The van der Waals surface area contributed by atoms with Gasteiger partial charge in [0.15, 0.2) is 0 Å². The molecule has 0 saturated carbocycles. The number of benzene rings is 2. The average molecular weight is 521 g/mol. The van der Waals surface area contributed by atoms with Crippen LogP contribution in [0.5, 0.6) is 0 Å². The van der Waals surface area contributed by atoms with Gasteiger partial charge in [-0.2, -0.15) is 0 Å². The second-order valence-corrected chi connectivity index (χ2v) is 9.77. The SMILES string of the molecule is C#Cc1ccc(C(C(=O)NCc2ccccc2)N(CCC)C(=O)C(CC(N)=O)NC(=O)OC(C)(C)C)cc1. The van der Waals surface area contributed by atoms with Gasteiger partial charge in [-0.05, 0) is 50.5 Å². The maximum Gasteiger partial charge on any atom is 0.408 e. The molecule has 0 aliphatic heterocycles. The lowest BCUT2D eigenvalue weighted by atomic mass is 10.00. The molecule has 38 heavy (non-hydrogen) atoms. The monoisotopic (exact) mass is 520 g/mol. The molecule has 2 atom stereocenters. The van der Waals surface area contributed by atoms with Crippen LogP contribution in [0.4, 0.5) is 4.79 Å². The topological polar surface area (TPSA) is 131 Å². The third-order valence-corrected chi connectivity index (χ3v) is 5.40. The smallest absolute Gasteiger partial charge is 0.408 e. The number of hydrogen-bond donors (Lipinski definition) is 3. The van der Waals surface area contributed by atoms with Gasteiger partial charge in [-0.1, -0.05) is 55.3 Å². The van der Waals surface area contributed by atoms with Crippen molar-refractivity contribution in [3.8, 4) is 12.3 Å². The maximum absolute atomic E-state index is 13.8. The molecule has 0 spiro atoms. The van der Waals surface area contributed by atoms with E-state index < -0.39 is 47.9 Å². The number of nitrogens with zero attached hydrogens (tertiary/aromatic N) is 1. The van der Waals surface area contributed by atoms with E-state index in [1.807, 2.05) is 37.3 Å². The summed E-state index contributed by atoms with van der Waals surface area (Å²) in [6, 6.07) is 13.7. The quantitative estimate of drug-likeness (QED) is 0.392. The fraction of sp³-hybridized carbons (Fsp3) is 0.379. The molecule has 2 unspecified atom stereocenters. The Hall–Kier alpha value is -4.32. The van der Waals surface area contributed by atoms with Crippen LogP contribution in [0.2, 0.25) is 0 Å². The molecule has 4 amide bonds. The molecular formula is C29H36N4O5. The predicted molar refractivity (Wildman–Crippen MR) is 144 cm³/mol. The number of ether oxygens (including phenoxy) is 1. The summed E-state index contributed by atoms with van der Waals surface area (Å²) in [5.41, 5.74) is 6.59. The Balaban J connectivity index is 2.45. The zero-order valence-electron chi connectivity index (χ0n) is 22.3. The van der Waals surface area contributed by atoms with E-state index in [2.05, 4.69) is 16.6 Å². The highest BCUT2D eigenvalue weighted by molar-refractivity contribution is 5.94. The van der Waals surface area contributed by atoms with Crippen LogP contribution in [0.1, 0.15) is 63.3 Å². The minimum absolute atomic E-state index is 0.171. The molecule has 0 heterocycles. The summed E-state index contributed by atoms with van der Waals surface area (Å²) in [6.07, 6.45) is 4.65. The van der Waals surface area contributed by atoms with E-state index in [0.717, 1.165) is 5.56 Å². The molecule has 202 valence electrons. The first-order valence-corrected chi connectivity index (χ1v) is 12.4. The zero-order chi connectivity index (χ0) is 28.3. The van der Waals surface area contributed by atoms with Gasteiger partial charge in [-0.25, -0.2) is 4.79 Å². The predicted octanol–water partition coefficient (Wildman–Crippen LogP) is 3.03. The summed E-state index contributed by atoms with van der Waals surface area (Å²) < 4.78 is 5.27. The van der Waals surface area contributed by atoms with Crippen molar-refractivity contribution in [2.24, 2.45) is 5.73 Å². The number of terminal acetylenes is 1. The molecule has 0 radical (unpaired) electrons. The van der Waals surface area contributed by atoms with Crippen LogP contribution in [0.15, 0.2) is 54.6 Å². The summed E-state index contributed by atoms with van der Waals surface area (Å²) >= 11 is 0. The summed E-state index contributed by atoms with van der Waals surface area (Å²) in [5, 5.41) is 5.35. The lowest BCUT2D eigenvalue weighted by Crippen LogP contribution is -2.54.